The summed E-state index contributed by atoms with van der Waals surface area (Å²) in [6.45, 7) is 8.80. The van der Waals surface area contributed by atoms with Crippen molar-refractivity contribution >= 4 is 15.9 Å². The summed E-state index contributed by atoms with van der Waals surface area (Å²) < 4.78 is 12.0. The van der Waals surface area contributed by atoms with E-state index in [2.05, 4.69) is 40.3 Å². The zero-order valence-corrected chi connectivity index (χ0v) is 12.3. The van der Waals surface area contributed by atoms with Crippen molar-refractivity contribution in [2.45, 2.75) is 27.3 Å². The Morgan fingerprint density at radius 3 is 2.71 bits per heavy atom. The van der Waals surface area contributed by atoms with Crippen molar-refractivity contribution in [3.05, 3.63) is 27.7 Å². The fourth-order valence-corrected chi connectivity index (χ4v) is 2.20. The van der Waals surface area contributed by atoms with Gasteiger partial charge in [0.25, 0.3) is 0 Å². The third kappa shape index (κ3) is 4.66. The molecule has 0 saturated heterocycles. The van der Waals surface area contributed by atoms with E-state index < -0.39 is 0 Å². The van der Waals surface area contributed by atoms with E-state index in [-0.39, 0.29) is 0 Å². The van der Waals surface area contributed by atoms with Crippen molar-refractivity contribution in [2.24, 2.45) is 0 Å². The first-order valence-corrected chi connectivity index (χ1v) is 6.68. The topological polar surface area (TPSA) is 30.5 Å². The third-order valence-corrected chi connectivity index (χ3v) is 2.83. The predicted molar refractivity (Wildman–Crippen MR) is 73.4 cm³/mol. The second-order valence-corrected chi connectivity index (χ2v) is 4.66. The summed E-state index contributed by atoms with van der Waals surface area (Å²) in [6.07, 6.45) is 0. The minimum atomic E-state index is 0.304. The van der Waals surface area contributed by atoms with Crippen LogP contribution in [0.15, 0.2) is 16.6 Å². The Morgan fingerprint density at radius 2 is 2.06 bits per heavy atom. The Bertz CT molecular complexity index is 356. The molecule has 1 N–H and O–H groups in total. The van der Waals surface area contributed by atoms with Crippen LogP contribution in [-0.2, 0) is 11.3 Å². The van der Waals surface area contributed by atoms with Crippen molar-refractivity contribution in [1.29, 1.82) is 0 Å². The Morgan fingerprint density at radius 1 is 1.29 bits per heavy atom. The molecule has 0 fully saturated rings. The SMILES string of the molecule is CCNCc1cc(Br)cc(C)c1OCOCC. The molecule has 0 radical (unpaired) electrons. The van der Waals surface area contributed by atoms with Crippen LogP contribution in [0.5, 0.6) is 5.75 Å². The zero-order chi connectivity index (χ0) is 12.7. The molecule has 1 aromatic carbocycles. The quantitative estimate of drug-likeness (QED) is 0.619. The normalized spacial score (nSPS) is 10.6. The Balaban J connectivity index is 2.82. The molecule has 0 heterocycles. The van der Waals surface area contributed by atoms with Gasteiger partial charge in [0.1, 0.15) is 5.75 Å². The number of hydrogen-bond donors (Lipinski definition) is 1. The number of rotatable bonds is 7. The van der Waals surface area contributed by atoms with Crippen molar-refractivity contribution in [1.82, 2.24) is 5.32 Å². The second-order valence-electron chi connectivity index (χ2n) is 3.75. The fraction of sp³-hybridized carbons (Fsp3) is 0.538. The number of hydrogen-bond acceptors (Lipinski definition) is 3. The Hall–Kier alpha value is -0.580. The minimum Gasteiger partial charge on any atom is -0.467 e. The molecule has 0 atom stereocenters. The summed E-state index contributed by atoms with van der Waals surface area (Å²) in [4.78, 5) is 0. The standard InChI is InChI=1S/C13H20BrNO2/c1-4-15-8-11-7-12(14)6-10(3)13(11)17-9-16-5-2/h6-7,15H,4-5,8-9H2,1-3H3. The van der Waals surface area contributed by atoms with E-state index in [4.69, 9.17) is 9.47 Å². The average Bonchev–Trinajstić information content (AvgIpc) is 2.29. The monoisotopic (exact) mass is 301 g/mol. The maximum absolute atomic E-state index is 5.68. The summed E-state index contributed by atoms with van der Waals surface area (Å²) in [7, 11) is 0. The molecule has 4 heteroatoms. The van der Waals surface area contributed by atoms with E-state index in [0.717, 1.165) is 34.4 Å². The number of benzene rings is 1. The molecule has 1 aromatic rings. The molecule has 0 saturated carbocycles. The minimum absolute atomic E-state index is 0.304. The first-order valence-electron chi connectivity index (χ1n) is 5.89. The molecule has 17 heavy (non-hydrogen) atoms. The van der Waals surface area contributed by atoms with E-state index in [1.165, 1.54) is 0 Å². The molecule has 0 aliphatic heterocycles. The van der Waals surface area contributed by atoms with Crippen molar-refractivity contribution in [3.8, 4) is 5.75 Å². The maximum atomic E-state index is 5.68. The molecule has 0 spiro atoms. The molecular formula is C13H20BrNO2. The molecule has 1 rings (SSSR count). The lowest BCUT2D eigenvalue weighted by atomic mass is 10.1. The molecule has 0 aliphatic carbocycles. The summed E-state index contributed by atoms with van der Waals surface area (Å²) in [5.74, 6) is 0.919. The van der Waals surface area contributed by atoms with Crippen molar-refractivity contribution < 1.29 is 9.47 Å². The van der Waals surface area contributed by atoms with Crippen LogP contribution in [0.1, 0.15) is 25.0 Å². The molecule has 0 bridgehead atoms. The van der Waals surface area contributed by atoms with Gasteiger partial charge in [-0.05, 0) is 38.1 Å². The highest BCUT2D eigenvalue weighted by Crippen LogP contribution is 2.28. The summed E-state index contributed by atoms with van der Waals surface area (Å²) in [5, 5.41) is 3.31. The number of nitrogens with one attached hydrogen (secondary N) is 1. The summed E-state index contributed by atoms with van der Waals surface area (Å²) in [6, 6.07) is 4.13. The third-order valence-electron chi connectivity index (χ3n) is 2.37. The van der Waals surface area contributed by atoms with E-state index in [1.54, 1.807) is 0 Å². The van der Waals surface area contributed by atoms with Gasteiger partial charge in [0, 0.05) is 23.2 Å². The number of halogens is 1. The van der Waals surface area contributed by atoms with Crippen LogP contribution in [0.3, 0.4) is 0 Å². The molecule has 96 valence electrons. The smallest absolute Gasteiger partial charge is 0.189 e. The van der Waals surface area contributed by atoms with Gasteiger partial charge in [-0.25, -0.2) is 0 Å². The van der Waals surface area contributed by atoms with E-state index in [1.807, 2.05) is 13.8 Å². The molecule has 0 aliphatic rings. The van der Waals surface area contributed by atoms with Gasteiger partial charge in [-0.15, -0.1) is 0 Å². The predicted octanol–water partition coefficient (Wildman–Crippen LogP) is 3.24. The molecule has 3 nitrogen and oxygen atoms in total. The van der Waals surface area contributed by atoms with Crippen LogP contribution in [-0.4, -0.2) is 19.9 Å². The highest BCUT2D eigenvalue weighted by molar-refractivity contribution is 9.10. The van der Waals surface area contributed by atoms with Gasteiger partial charge in [-0.3, -0.25) is 0 Å². The first-order chi connectivity index (χ1) is 8.19. The van der Waals surface area contributed by atoms with Crippen LogP contribution < -0.4 is 10.1 Å². The lowest BCUT2D eigenvalue weighted by molar-refractivity contribution is 0.0213. The highest BCUT2D eigenvalue weighted by atomic mass is 79.9. The zero-order valence-electron chi connectivity index (χ0n) is 10.7. The second kappa shape index (κ2) is 7.69. The van der Waals surface area contributed by atoms with E-state index in [9.17, 15) is 0 Å². The lowest BCUT2D eigenvalue weighted by Gasteiger charge is -2.15. The number of ether oxygens (including phenoxy) is 2. The van der Waals surface area contributed by atoms with Crippen molar-refractivity contribution in [2.75, 3.05) is 19.9 Å². The van der Waals surface area contributed by atoms with Crippen LogP contribution in [0, 0.1) is 6.92 Å². The summed E-state index contributed by atoms with van der Waals surface area (Å²) in [5.41, 5.74) is 2.27. The van der Waals surface area contributed by atoms with Crippen LogP contribution in [0.25, 0.3) is 0 Å². The Labute approximate surface area is 112 Å². The van der Waals surface area contributed by atoms with Gasteiger partial charge in [0.15, 0.2) is 6.79 Å². The lowest BCUT2D eigenvalue weighted by Crippen LogP contribution is -2.14. The van der Waals surface area contributed by atoms with E-state index in [0.29, 0.717) is 13.4 Å². The maximum Gasteiger partial charge on any atom is 0.189 e. The molecule has 0 amide bonds. The van der Waals surface area contributed by atoms with E-state index >= 15 is 0 Å². The van der Waals surface area contributed by atoms with Crippen LogP contribution >= 0.6 is 15.9 Å². The van der Waals surface area contributed by atoms with Gasteiger partial charge < -0.3 is 14.8 Å². The molecule has 0 unspecified atom stereocenters. The average molecular weight is 302 g/mol. The summed E-state index contributed by atoms with van der Waals surface area (Å²) >= 11 is 3.51. The highest BCUT2D eigenvalue weighted by Gasteiger charge is 2.08. The van der Waals surface area contributed by atoms with Gasteiger partial charge in [-0.1, -0.05) is 22.9 Å². The van der Waals surface area contributed by atoms with Crippen LogP contribution in [0.4, 0.5) is 0 Å². The molecule has 0 aromatic heterocycles. The van der Waals surface area contributed by atoms with Gasteiger partial charge in [-0.2, -0.15) is 0 Å². The van der Waals surface area contributed by atoms with Crippen molar-refractivity contribution in [3.63, 3.8) is 0 Å². The van der Waals surface area contributed by atoms with Gasteiger partial charge >= 0.3 is 0 Å². The fourth-order valence-electron chi connectivity index (χ4n) is 1.58. The van der Waals surface area contributed by atoms with Gasteiger partial charge in [0.2, 0.25) is 0 Å². The van der Waals surface area contributed by atoms with Gasteiger partial charge in [0.05, 0.1) is 0 Å². The largest absolute Gasteiger partial charge is 0.467 e. The number of aryl methyl sites for hydroxylation is 1. The van der Waals surface area contributed by atoms with Crippen LogP contribution in [0.2, 0.25) is 0 Å². The molecular weight excluding hydrogens is 282 g/mol. The Kier molecular flexibility index (Phi) is 6.55. The first kappa shape index (κ1) is 14.5.